The molecular formula is C14H18N2O4. The third-order valence-corrected chi connectivity index (χ3v) is 3.38. The fraction of sp³-hybridized carbons (Fsp3) is 0.429. The van der Waals surface area contributed by atoms with E-state index in [1.165, 1.54) is 17.0 Å². The van der Waals surface area contributed by atoms with E-state index in [-0.39, 0.29) is 30.8 Å². The lowest BCUT2D eigenvalue weighted by molar-refractivity contribution is 0.0697. The number of aromatic carboxylic acids is 1. The van der Waals surface area contributed by atoms with E-state index in [0.717, 1.165) is 12.8 Å². The van der Waals surface area contributed by atoms with E-state index < -0.39 is 5.97 Å². The number of anilines is 1. The summed E-state index contributed by atoms with van der Waals surface area (Å²) in [5.74, 6) is -1.01. The number of hydrogen-bond acceptors (Lipinski definition) is 3. The summed E-state index contributed by atoms with van der Waals surface area (Å²) >= 11 is 0. The molecule has 6 nitrogen and oxygen atoms in total. The molecule has 0 aliphatic heterocycles. The zero-order valence-electron chi connectivity index (χ0n) is 11.3. The largest absolute Gasteiger partial charge is 0.478 e. The van der Waals surface area contributed by atoms with Crippen LogP contribution in [0.3, 0.4) is 0 Å². The summed E-state index contributed by atoms with van der Waals surface area (Å²) in [6.45, 7) is 0.0350. The van der Waals surface area contributed by atoms with E-state index in [4.69, 9.17) is 10.2 Å². The summed E-state index contributed by atoms with van der Waals surface area (Å²) in [6.07, 6.45) is 2.01. The molecule has 1 aromatic carbocycles. The smallest absolute Gasteiger partial charge is 0.335 e. The maximum absolute atomic E-state index is 12.4. The lowest BCUT2D eigenvalue weighted by Gasteiger charge is -2.28. The number of aliphatic hydroxyl groups excluding tert-OH is 1. The summed E-state index contributed by atoms with van der Waals surface area (Å²) in [5.41, 5.74) is 0.752. The van der Waals surface area contributed by atoms with Crippen molar-refractivity contribution in [1.29, 1.82) is 0 Å². The molecule has 2 rings (SSSR count). The van der Waals surface area contributed by atoms with Crippen LogP contribution in [0.1, 0.15) is 23.2 Å². The molecule has 1 fully saturated rings. The van der Waals surface area contributed by atoms with Crippen LogP contribution in [0.2, 0.25) is 0 Å². The summed E-state index contributed by atoms with van der Waals surface area (Å²) in [5, 5.41) is 18.0. The minimum absolute atomic E-state index is 0.148. The van der Waals surface area contributed by atoms with Crippen LogP contribution < -0.4 is 4.90 Å². The highest BCUT2D eigenvalue weighted by Gasteiger charge is 2.32. The Morgan fingerprint density at radius 3 is 2.30 bits per heavy atom. The number of benzene rings is 1. The predicted molar refractivity (Wildman–Crippen MR) is 74.0 cm³/mol. The molecule has 1 aliphatic carbocycles. The SMILES string of the molecule is CN(C(=O)N(CCO)c1ccc(C(=O)O)cc1)C1CC1. The van der Waals surface area contributed by atoms with Gasteiger partial charge in [-0.05, 0) is 37.1 Å². The molecule has 2 N–H and O–H groups in total. The summed E-state index contributed by atoms with van der Waals surface area (Å²) in [7, 11) is 1.75. The van der Waals surface area contributed by atoms with Crippen molar-refractivity contribution >= 4 is 17.7 Å². The first-order valence-electron chi connectivity index (χ1n) is 6.53. The molecule has 2 amide bonds. The van der Waals surface area contributed by atoms with Crippen LogP contribution in [0.5, 0.6) is 0 Å². The third kappa shape index (κ3) is 3.08. The molecule has 0 radical (unpaired) electrons. The number of amides is 2. The van der Waals surface area contributed by atoms with Gasteiger partial charge in [0, 0.05) is 18.8 Å². The zero-order chi connectivity index (χ0) is 14.7. The number of nitrogens with zero attached hydrogens (tertiary/aromatic N) is 2. The van der Waals surface area contributed by atoms with Crippen LogP contribution in [0.4, 0.5) is 10.5 Å². The summed E-state index contributed by atoms with van der Waals surface area (Å²) < 4.78 is 0. The predicted octanol–water partition coefficient (Wildman–Crippen LogP) is 1.40. The van der Waals surface area contributed by atoms with Gasteiger partial charge >= 0.3 is 12.0 Å². The number of aliphatic hydroxyl groups is 1. The molecule has 0 saturated heterocycles. The lowest BCUT2D eigenvalue weighted by Crippen LogP contribution is -2.43. The average molecular weight is 278 g/mol. The normalized spacial score (nSPS) is 13.9. The Balaban J connectivity index is 2.18. The van der Waals surface area contributed by atoms with Gasteiger partial charge in [-0.2, -0.15) is 0 Å². The fourth-order valence-electron chi connectivity index (χ4n) is 2.03. The van der Waals surface area contributed by atoms with Crippen LogP contribution in [0, 0.1) is 0 Å². The highest BCUT2D eigenvalue weighted by Crippen LogP contribution is 2.27. The Morgan fingerprint density at radius 2 is 1.85 bits per heavy atom. The first-order chi connectivity index (χ1) is 9.54. The van der Waals surface area contributed by atoms with Crippen LogP contribution in [-0.4, -0.2) is 53.4 Å². The van der Waals surface area contributed by atoms with Gasteiger partial charge in [0.05, 0.1) is 18.7 Å². The minimum atomic E-state index is -1.01. The monoisotopic (exact) mass is 278 g/mol. The first kappa shape index (κ1) is 14.3. The maximum Gasteiger partial charge on any atom is 0.335 e. The van der Waals surface area contributed by atoms with Crippen LogP contribution in [0.25, 0.3) is 0 Å². The van der Waals surface area contributed by atoms with Gasteiger partial charge in [-0.25, -0.2) is 9.59 Å². The molecule has 0 spiro atoms. The molecule has 108 valence electrons. The van der Waals surface area contributed by atoms with E-state index >= 15 is 0 Å². The molecule has 1 aromatic rings. The van der Waals surface area contributed by atoms with Gasteiger partial charge in [-0.15, -0.1) is 0 Å². The van der Waals surface area contributed by atoms with E-state index in [1.807, 2.05) is 0 Å². The van der Waals surface area contributed by atoms with Crippen molar-refractivity contribution in [2.75, 3.05) is 25.1 Å². The molecule has 1 saturated carbocycles. The van der Waals surface area contributed by atoms with E-state index in [0.29, 0.717) is 5.69 Å². The molecule has 0 unspecified atom stereocenters. The second kappa shape index (κ2) is 5.92. The molecular weight excluding hydrogens is 260 g/mol. The Labute approximate surface area is 117 Å². The van der Waals surface area contributed by atoms with Crippen LogP contribution >= 0.6 is 0 Å². The molecule has 0 heterocycles. The van der Waals surface area contributed by atoms with Crippen molar-refractivity contribution in [3.63, 3.8) is 0 Å². The third-order valence-electron chi connectivity index (χ3n) is 3.38. The highest BCUT2D eigenvalue weighted by atomic mass is 16.4. The molecule has 1 aliphatic rings. The number of urea groups is 1. The van der Waals surface area contributed by atoms with Crippen LogP contribution in [0.15, 0.2) is 24.3 Å². The van der Waals surface area contributed by atoms with Gasteiger partial charge in [-0.3, -0.25) is 4.90 Å². The van der Waals surface area contributed by atoms with Crippen molar-refractivity contribution in [3.8, 4) is 0 Å². The average Bonchev–Trinajstić information content (AvgIpc) is 3.28. The van der Waals surface area contributed by atoms with Gasteiger partial charge in [0.15, 0.2) is 0 Å². The standard InChI is InChI=1S/C14H18N2O4/c1-15(11-6-7-11)14(20)16(8-9-17)12-4-2-10(3-5-12)13(18)19/h2-5,11,17H,6-9H2,1H3,(H,18,19). The molecule has 0 bridgehead atoms. The highest BCUT2D eigenvalue weighted by molar-refractivity contribution is 5.93. The fourth-order valence-corrected chi connectivity index (χ4v) is 2.03. The summed E-state index contributed by atoms with van der Waals surface area (Å²) in [6, 6.07) is 6.17. The van der Waals surface area contributed by atoms with Crippen molar-refractivity contribution in [3.05, 3.63) is 29.8 Å². The molecule has 0 atom stereocenters. The topological polar surface area (TPSA) is 81.1 Å². The van der Waals surface area contributed by atoms with Gasteiger partial charge in [0.2, 0.25) is 0 Å². The van der Waals surface area contributed by atoms with E-state index in [9.17, 15) is 9.59 Å². The second-order valence-electron chi connectivity index (χ2n) is 4.85. The Hall–Kier alpha value is -2.08. The number of carboxylic acids is 1. The van der Waals surface area contributed by atoms with E-state index in [2.05, 4.69) is 0 Å². The van der Waals surface area contributed by atoms with Crippen molar-refractivity contribution in [2.45, 2.75) is 18.9 Å². The van der Waals surface area contributed by atoms with Gasteiger partial charge < -0.3 is 15.1 Å². The number of carbonyl (C=O) groups excluding carboxylic acids is 1. The number of hydrogen-bond donors (Lipinski definition) is 2. The number of rotatable bonds is 5. The van der Waals surface area contributed by atoms with Gasteiger partial charge in [0.1, 0.15) is 0 Å². The van der Waals surface area contributed by atoms with Crippen molar-refractivity contribution in [1.82, 2.24) is 4.90 Å². The molecule has 6 heteroatoms. The van der Waals surface area contributed by atoms with E-state index in [1.54, 1.807) is 24.1 Å². The zero-order valence-corrected chi connectivity index (χ0v) is 11.3. The second-order valence-corrected chi connectivity index (χ2v) is 4.85. The summed E-state index contributed by atoms with van der Waals surface area (Å²) in [4.78, 5) is 26.3. The molecule has 20 heavy (non-hydrogen) atoms. The number of carboxylic acid groups (broad SMARTS) is 1. The van der Waals surface area contributed by atoms with Gasteiger partial charge in [-0.1, -0.05) is 0 Å². The maximum atomic E-state index is 12.4. The Kier molecular flexibility index (Phi) is 4.24. The number of carbonyl (C=O) groups is 2. The molecule has 0 aromatic heterocycles. The van der Waals surface area contributed by atoms with Gasteiger partial charge in [0.25, 0.3) is 0 Å². The Morgan fingerprint density at radius 1 is 1.25 bits per heavy atom. The van der Waals surface area contributed by atoms with Crippen molar-refractivity contribution < 1.29 is 19.8 Å². The Bertz CT molecular complexity index is 496. The van der Waals surface area contributed by atoms with Crippen molar-refractivity contribution in [2.24, 2.45) is 0 Å². The van der Waals surface area contributed by atoms with Crippen LogP contribution in [-0.2, 0) is 0 Å². The lowest BCUT2D eigenvalue weighted by atomic mass is 10.2. The quantitative estimate of drug-likeness (QED) is 0.853. The first-order valence-corrected chi connectivity index (χ1v) is 6.53. The minimum Gasteiger partial charge on any atom is -0.478 e.